The molecule has 1 aliphatic heterocycles. The Balaban J connectivity index is 1.92. The average Bonchev–Trinajstić information content (AvgIpc) is 3.51. The molecule has 3 amide bonds. The van der Waals surface area contributed by atoms with Gasteiger partial charge in [-0.05, 0) is 55.4 Å². The van der Waals surface area contributed by atoms with E-state index in [0.717, 1.165) is 6.33 Å². The summed E-state index contributed by atoms with van der Waals surface area (Å²) in [6.45, 7) is 12.3. The van der Waals surface area contributed by atoms with Crippen molar-refractivity contribution in [2.24, 2.45) is 5.16 Å². The summed E-state index contributed by atoms with van der Waals surface area (Å²) in [5.41, 5.74) is -4.06. The van der Waals surface area contributed by atoms with E-state index in [0.29, 0.717) is 11.5 Å². The van der Waals surface area contributed by atoms with Crippen molar-refractivity contribution in [2.75, 3.05) is 5.32 Å². The van der Waals surface area contributed by atoms with Crippen LogP contribution in [-0.2, 0) is 45.5 Å². The lowest BCUT2D eigenvalue weighted by Gasteiger charge is -2.43. The largest absolute Gasteiger partial charge is 0.457 e. The van der Waals surface area contributed by atoms with Crippen molar-refractivity contribution in [2.45, 2.75) is 90.8 Å². The lowest BCUT2D eigenvalue weighted by atomic mass is 9.98. The van der Waals surface area contributed by atoms with Gasteiger partial charge in [-0.2, -0.15) is 22.9 Å². The summed E-state index contributed by atoms with van der Waals surface area (Å²) in [5.74, 6) is -3.48. The van der Waals surface area contributed by atoms with Crippen LogP contribution in [0.15, 0.2) is 17.8 Å². The molecule has 1 saturated heterocycles. The summed E-state index contributed by atoms with van der Waals surface area (Å²) in [7, 11) is -4.99. The fraction of sp³-hybridized carbons (Fsp3) is 0.609. The molecule has 44 heavy (non-hydrogen) atoms. The summed E-state index contributed by atoms with van der Waals surface area (Å²) in [6.07, 6.45) is 1.55. The first-order valence-electron chi connectivity index (χ1n) is 12.8. The van der Waals surface area contributed by atoms with Crippen LogP contribution in [0.2, 0.25) is 0 Å². The van der Waals surface area contributed by atoms with Crippen molar-refractivity contribution < 1.29 is 46.5 Å². The maximum absolute atomic E-state index is 13.5. The van der Waals surface area contributed by atoms with Crippen LogP contribution >= 0.6 is 11.5 Å². The van der Waals surface area contributed by atoms with Gasteiger partial charge < -0.3 is 19.6 Å². The van der Waals surface area contributed by atoms with Gasteiger partial charge in [0, 0.05) is 11.5 Å². The van der Waals surface area contributed by atoms with Gasteiger partial charge in [-0.3, -0.25) is 24.1 Å². The number of carbonyl (C=O) groups is 4. The molecule has 0 aromatic carbocycles. The number of carbonyl (C=O) groups excluding carboxylic acids is 4. The molecule has 242 valence electrons. The number of β-lactam (4-membered cyclic amide) rings is 1. The van der Waals surface area contributed by atoms with Crippen LogP contribution in [0.25, 0.3) is 0 Å². The molecule has 3 heterocycles. The molecule has 0 saturated carbocycles. The minimum absolute atomic E-state index is 0.0949. The van der Waals surface area contributed by atoms with E-state index < -0.39 is 68.8 Å². The summed E-state index contributed by atoms with van der Waals surface area (Å²) in [5, 5.41) is 12.2. The van der Waals surface area contributed by atoms with Crippen LogP contribution in [0.4, 0.5) is 9.93 Å². The summed E-state index contributed by atoms with van der Waals surface area (Å²) in [6, 6.07) is -2.80. The summed E-state index contributed by atoms with van der Waals surface area (Å²) < 4.78 is 49.2. The fourth-order valence-corrected chi connectivity index (χ4v) is 4.84. The minimum Gasteiger partial charge on any atom is -0.457 e. The predicted octanol–water partition coefficient (Wildman–Crippen LogP) is 0.516. The number of hydrogen-bond acceptors (Lipinski definition) is 15. The average molecular weight is 660 g/mol. The highest BCUT2D eigenvalue weighted by Gasteiger charge is 2.54. The lowest BCUT2D eigenvalue weighted by Crippen LogP contribution is -2.73. The Morgan fingerprint density at radius 3 is 2.27 bits per heavy atom. The Morgan fingerprint density at radius 2 is 1.73 bits per heavy atom. The van der Waals surface area contributed by atoms with Gasteiger partial charge in [0.1, 0.15) is 29.9 Å². The first-order chi connectivity index (χ1) is 20.1. The zero-order chi connectivity index (χ0) is 33.3. The van der Waals surface area contributed by atoms with Gasteiger partial charge in [0.15, 0.2) is 0 Å². The first-order valence-corrected chi connectivity index (χ1v) is 15.0. The van der Waals surface area contributed by atoms with E-state index in [9.17, 15) is 32.1 Å². The van der Waals surface area contributed by atoms with Crippen LogP contribution in [0.1, 0.15) is 61.2 Å². The van der Waals surface area contributed by atoms with E-state index in [1.54, 1.807) is 41.5 Å². The van der Waals surface area contributed by atoms with Crippen molar-refractivity contribution in [1.29, 1.82) is 0 Å². The zero-order valence-corrected chi connectivity index (χ0v) is 26.7. The van der Waals surface area contributed by atoms with E-state index in [1.165, 1.54) is 24.9 Å². The van der Waals surface area contributed by atoms with Gasteiger partial charge in [0.25, 0.3) is 11.8 Å². The van der Waals surface area contributed by atoms with Crippen LogP contribution < -0.4 is 10.6 Å². The van der Waals surface area contributed by atoms with Crippen molar-refractivity contribution >= 4 is 56.6 Å². The molecule has 19 nitrogen and oxygen atoms in total. The number of rotatable bonds is 10. The second-order valence-electron chi connectivity index (χ2n) is 11.8. The van der Waals surface area contributed by atoms with Crippen molar-refractivity contribution in [3.63, 3.8) is 0 Å². The normalized spacial score (nSPS) is 17.9. The maximum Gasteiger partial charge on any atom is 0.414 e. The van der Waals surface area contributed by atoms with Crippen molar-refractivity contribution in [1.82, 2.24) is 33.7 Å². The Bertz CT molecular complexity index is 1540. The van der Waals surface area contributed by atoms with Gasteiger partial charge in [-0.1, -0.05) is 5.16 Å². The highest BCUT2D eigenvalue weighted by atomic mass is 32.2. The summed E-state index contributed by atoms with van der Waals surface area (Å²) >= 11 is 0.656. The lowest BCUT2D eigenvalue weighted by molar-refractivity contribution is -0.179. The van der Waals surface area contributed by atoms with Gasteiger partial charge in [0.05, 0.1) is 12.6 Å². The number of oxime groups is 1. The number of ether oxygens (including phenoxy) is 2. The Hall–Kier alpha value is -4.24. The van der Waals surface area contributed by atoms with Crippen LogP contribution in [0.5, 0.6) is 0 Å². The Kier molecular flexibility index (Phi) is 9.65. The number of amides is 3. The predicted molar refractivity (Wildman–Crippen MR) is 151 cm³/mol. The second-order valence-corrected chi connectivity index (χ2v) is 13.9. The number of aromatic nitrogens is 5. The highest BCUT2D eigenvalue weighted by Crippen LogP contribution is 2.26. The monoisotopic (exact) mass is 659 g/mol. The molecular formula is C23H33N9O10S2. The third-order valence-electron chi connectivity index (χ3n) is 5.26. The minimum atomic E-state index is -4.99. The number of hydrogen-bond donors (Lipinski definition) is 3. The SMILES string of the molecule is CC(C)(C)OC(=O)Nc1nc(/C(=N/OC(C)(C)C(=O)OC(C)(C)C)C(=O)N[C@@H]2C(=O)N(S(=O)(=O)O)[C@@H]2Cn2cncn2)ns1. The molecule has 3 N–H and O–H groups in total. The number of nitrogens with zero attached hydrogens (tertiary/aromatic N) is 7. The third kappa shape index (κ3) is 8.89. The van der Waals surface area contributed by atoms with E-state index in [2.05, 4.69) is 35.2 Å². The fourth-order valence-electron chi connectivity index (χ4n) is 3.41. The molecule has 0 radical (unpaired) electrons. The van der Waals surface area contributed by atoms with E-state index in [4.69, 9.17) is 14.3 Å². The van der Waals surface area contributed by atoms with Gasteiger partial charge >= 0.3 is 22.4 Å². The number of nitrogens with one attached hydrogen (secondary N) is 2. The van der Waals surface area contributed by atoms with E-state index in [-0.39, 0.29) is 21.8 Å². The molecule has 3 rings (SSSR count). The smallest absolute Gasteiger partial charge is 0.414 e. The second kappa shape index (κ2) is 12.4. The van der Waals surface area contributed by atoms with Gasteiger partial charge in [-0.15, -0.1) is 0 Å². The van der Waals surface area contributed by atoms with Gasteiger partial charge in [-0.25, -0.2) is 18.9 Å². The maximum atomic E-state index is 13.5. The van der Waals surface area contributed by atoms with Crippen molar-refractivity contribution in [3.8, 4) is 0 Å². The standard InChI is InChI=1S/C23H33N9O10S2/c1-21(2,3)40-18(35)23(7,8)42-29-14(15-27-19(43-30-15)28-20(36)41-22(4,5)6)16(33)26-13-12(9-31-11-24-10-25-31)32(17(13)34)44(37,38)39/h10-13H,9H2,1-8H3,(H,26,33)(H,37,38,39)(H,27,28,30,36)/b29-14-/t12-,13+/m1/s1. The molecule has 0 bridgehead atoms. The van der Waals surface area contributed by atoms with E-state index in [1.807, 2.05) is 0 Å². The Labute approximate surface area is 256 Å². The molecule has 2 aromatic heterocycles. The van der Waals surface area contributed by atoms with Crippen LogP contribution in [-0.4, -0.2) is 99.9 Å². The number of anilines is 1. The van der Waals surface area contributed by atoms with Crippen LogP contribution in [0, 0.1) is 0 Å². The molecule has 0 unspecified atom stereocenters. The molecule has 0 spiro atoms. The molecule has 1 fully saturated rings. The number of esters is 1. The Morgan fingerprint density at radius 1 is 1.09 bits per heavy atom. The molecule has 0 aliphatic carbocycles. The molecule has 2 aromatic rings. The van der Waals surface area contributed by atoms with Crippen molar-refractivity contribution in [3.05, 3.63) is 18.5 Å². The zero-order valence-electron chi connectivity index (χ0n) is 25.1. The molecular weight excluding hydrogens is 626 g/mol. The van der Waals surface area contributed by atoms with Crippen LogP contribution in [0.3, 0.4) is 0 Å². The topological polar surface area (TPSA) is 246 Å². The van der Waals surface area contributed by atoms with Gasteiger partial charge in [0.2, 0.25) is 22.3 Å². The molecule has 1 aliphatic rings. The highest BCUT2D eigenvalue weighted by molar-refractivity contribution is 7.84. The quantitative estimate of drug-likeness (QED) is 0.103. The molecule has 2 atom stereocenters. The third-order valence-corrected chi connectivity index (χ3v) is 6.84. The summed E-state index contributed by atoms with van der Waals surface area (Å²) in [4.78, 5) is 64.3. The molecule has 21 heteroatoms. The first kappa shape index (κ1) is 34.3. The van der Waals surface area contributed by atoms with E-state index >= 15 is 0 Å².